The molecule has 0 radical (unpaired) electrons. The molecule has 1 atom stereocenters. The molecular weight excluding hydrogens is 168 g/mol. The predicted molar refractivity (Wildman–Crippen MR) is 49.2 cm³/mol. The molecule has 1 rings (SSSR count). The average Bonchev–Trinajstić information content (AvgIpc) is 2.51. The highest BCUT2D eigenvalue weighted by Gasteiger charge is 2.23. The van der Waals surface area contributed by atoms with Crippen molar-refractivity contribution < 1.29 is 14.3 Å². The van der Waals surface area contributed by atoms with Crippen LogP contribution in [0.2, 0.25) is 0 Å². The van der Waals surface area contributed by atoms with E-state index in [1.165, 1.54) is 19.3 Å². The third-order valence-corrected chi connectivity index (χ3v) is 2.15. The molecule has 1 fully saturated rings. The number of carbonyl (C=O) groups is 1. The maximum Gasteiger partial charge on any atom is 0.308 e. The number of cyclic esters (lactones) is 1. The zero-order valence-electron chi connectivity index (χ0n) is 8.25. The maximum absolute atomic E-state index is 10.7. The maximum atomic E-state index is 10.7. The lowest BCUT2D eigenvalue weighted by atomic mass is 10.2. The molecule has 0 aromatic carbocycles. The number of ether oxygens (including phenoxy) is 2. The van der Waals surface area contributed by atoms with Crippen LogP contribution < -0.4 is 0 Å². The van der Waals surface area contributed by atoms with Crippen LogP contribution in [0.25, 0.3) is 0 Å². The Kier molecular flexibility index (Phi) is 4.83. The highest BCUT2D eigenvalue weighted by molar-refractivity contribution is 5.71. The zero-order chi connectivity index (χ0) is 9.52. The molecular formula is C10H18O3. The van der Waals surface area contributed by atoms with Crippen LogP contribution in [-0.4, -0.2) is 18.9 Å². The normalized spacial score (nSPS) is 21.9. The molecule has 1 heterocycles. The van der Waals surface area contributed by atoms with E-state index < -0.39 is 0 Å². The van der Waals surface area contributed by atoms with Crippen LogP contribution in [0.5, 0.6) is 0 Å². The number of carbonyl (C=O) groups excluding carboxylic acids is 1. The summed E-state index contributed by atoms with van der Waals surface area (Å²) in [6, 6.07) is 0. The molecule has 3 nitrogen and oxygen atoms in total. The lowest BCUT2D eigenvalue weighted by Gasteiger charge is -2.09. The van der Waals surface area contributed by atoms with Gasteiger partial charge in [0.2, 0.25) is 6.29 Å². The Labute approximate surface area is 79.4 Å². The van der Waals surface area contributed by atoms with Crippen LogP contribution in [0, 0.1) is 0 Å². The summed E-state index contributed by atoms with van der Waals surface area (Å²) in [6.07, 6.45) is 5.76. The van der Waals surface area contributed by atoms with Crippen molar-refractivity contribution in [2.24, 2.45) is 0 Å². The van der Waals surface area contributed by atoms with Gasteiger partial charge in [0.1, 0.15) is 0 Å². The van der Waals surface area contributed by atoms with E-state index in [2.05, 4.69) is 6.92 Å². The summed E-state index contributed by atoms with van der Waals surface area (Å²) < 4.78 is 10.3. The first kappa shape index (κ1) is 10.5. The fourth-order valence-corrected chi connectivity index (χ4v) is 1.36. The Morgan fingerprint density at radius 2 is 2.31 bits per heavy atom. The lowest BCUT2D eigenvalue weighted by Crippen LogP contribution is -2.12. The quantitative estimate of drug-likeness (QED) is 0.471. The van der Waals surface area contributed by atoms with E-state index in [0.717, 1.165) is 19.4 Å². The molecule has 3 heteroatoms. The van der Waals surface area contributed by atoms with Gasteiger partial charge in [-0.25, -0.2) is 0 Å². The van der Waals surface area contributed by atoms with Crippen molar-refractivity contribution in [2.75, 3.05) is 6.61 Å². The fraction of sp³-hybridized carbons (Fsp3) is 0.900. The van der Waals surface area contributed by atoms with Gasteiger partial charge in [-0.3, -0.25) is 4.79 Å². The van der Waals surface area contributed by atoms with Gasteiger partial charge in [0.05, 0.1) is 13.0 Å². The molecule has 0 aromatic rings. The van der Waals surface area contributed by atoms with Gasteiger partial charge in [-0.2, -0.15) is 0 Å². The van der Waals surface area contributed by atoms with Gasteiger partial charge in [-0.05, 0) is 6.42 Å². The second-order valence-electron chi connectivity index (χ2n) is 3.39. The van der Waals surface area contributed by atoms with Crippen LogP contribution in [0.4, 0.5) is 0 Å². The number of esters is 1. The Bertz CT molecular complexity index is 156. The van der Waals surface area contributed by atoms with Gasteiger partial charge in [0.25, 0.3) is 0 Å². The van der Waals surface area contributed by atoms with Gasteiger partial charge in [-0.15, -0.1) is 0 Å². The fourth-order valence-electron chi connectivity index (χ4n) is 1.36. The molecule has 0 amide bonds. The Morgan fingerprint density at radius 3 is 2.92 bits per heavy atom. The Balaban J connectivity index is 1.91. The lowest BCUT2D eigenvalue weighted by molar-refractivity contribution is -0.162. The van der Waals surface area contributed by atoms with Crippen molar-refractivity contribution in [3.63, 3.8) is 0 Å². The van der Waals surface area contributed by atoms with E-state index in [0.29, 0.717) is 6.42 Å². The van der Waals surface area contributed by atoms with Gasteiger partial charge in [0, 0.05) is 6.42 Å². The highest BCUT2D eigenvalue weighted by Crippen LogP contribution is 2.15. The molecule has 0 spiro atoms. The van der Waals surface area contributed by atoms with Gasteiger partial charge < -0.3 is 9.47 Å². The van der Waals surface area contributed by atoms with Crippen LogP contribution in [0.15, 0.2) is 0 Å². The largest absolute Gasteiger partial charge is 0.436 e. The minimum Gasteiger partial charge on any atom is -0.436 e. The summed E-state index contributed by atoms with van der Waals surface area (Å²) in [7, 11) is 0. The summed E-state index contributed by atoms with van der Waals surface area (Å²) in [5.74, 6) is -0.126. The molecule has 0 aromatic heterocycles. The predicted octanol–water partition coefficient (Wildman–Crippen LogP) is 2.25. The van der Waals surface area contributed by atoms with Crippen LogP contribution in [0.1, 0.15) is 45.4 Å². The molecule has 0 bridgehead atoms. The second kappa shape index (κ2) is 5.97. The summed E-state index contributed by atoms with van der Waals surface area (Å²) in [5, 5.41) is 0. The summed E-state index contributed by atoms with van der Waals surface area (Å²) in [4.78, 5) is 10.7. The summed E-state index contributed by atoms with van der Waals surface area (Å²) in [5.41, 5.74) is 0. The number of rotatable bonds is 6. The average molecular weight is 186 g/mol. The smallest absolute Gasteiger partial charge is 0.308 e. The van der Waals surface area contributed by atoms with E-state index in [1.807, 2.05) is 0 Å². The molecule has 1 unspecified atom stereocenters. The van der Waals surface area contributed by atoms with Crippen LogP contribution in [-0.2, 0) is 14.3 Å². The monoisotopic (exact) mass is 186 g/mol. The summed E-state index contributed by atoms with van der Waals surface area (Å²) in [6.45, 7) is 2.90. The molecule has 1 saturated heterocycles. The van der Waals surface area contributed by atoms with E-state index in [1.54, 1.807) is 0 Å². The van der Waals surface area contributed by atoms with E-state index >= 15 is 0 Å². The van der Waals surface area contributed by atoms with Crippen molar-refractivity contribution in [1.29, 1.82) is 0 Å². The standard InChI is InChI=1S/C10H18O3/c1-2-3-4-5-8-12-10-7-6-9(11)13-10/h10H,2-8H2,1H3. The molecule has 0 aliphatic carbocycles. The Morgan fingerprint density at radius 1 is 1.46 bits per heavy atom. The van der Waals surface area contributed by atoms with Crippen molar-refractivity contribution in [2.45, 2.75) is 51.7 Å². The SMILES string of the molecule is CCCCCCOC1CCC(=O)O1. The summed E-state index contributed by atoms with van der Waals surface area (Å²) >= 11 is 0. The first-order valence-corrected chi connectivity index (χ1v) is 5.14. The van der Waals surface area contributed by atoms with Crippen molar-refractivity contribution >= 4 is 5.97 Å². The minimum absolute atomic E-state index is 0.126. The van der Waals surface area contributed by atoms with Crippen LogP contribution >= 0.6 is 0 Å². The third-order valence-electron chi connectivity index (χ3n) is 2.15. The Hall–Kier alpha value is -0.570. The molecule has 1 aliphatic heterocycles. The highest BCUT2D eigenvalue weighted by atomic mass is 16.7. The number of unbranched alkanes of at least 4 members (excludes halogenated alkanes) is 3. The molecule has 76 valence electrons. The zero-order valence-corrected chi connectivity index (χ0v) is 8.25. The topological polar surface area (TPSA) is 35.5 Å². The molecule has 1 aliphatic rings. The van der Waals surface area contributed by atoms with Crippen molar-refractivity contribution in [3.8, 4) is 0 Å². The first-order chi connectivity index (χ1) is 6.33. The van der Waals surface area contributed by atoms with Crippen LogP contribution in [0.3, 0.4) is 0 Å². The van der Waals surface area contributed by atoms with E-state index in [-0.39, 0.29) is 12.3 Å². The van der Waals surface area contributed by atoms with E-state index in [4.69, 9.17) is 9.47 Å². The molecule has 0 N–H and O–H groups in total. The third kappa shape index (κ3) is 4.27. The first-order valence-electron chi connectivity index (χ1n) is 5.14. The number of hydrogen-bond donors (Lipinski definition) is 0. The van der Waals surface area contributed by atoms with Gasteiger partial charge in [-0.1, -0.05) is 26.2 Å². The van der Waals surface area contributed by atoms with Gasteiger partial charge >= 0.3 is 5.97 Å². The van der Waals surface area contributed by atoms with Crippen molar-refractivity contribution in [3.05, 3.63) is 0 Å². The minimum atomic E-state index is -0.255. The van der Waals surface area contributed by atoms with Crippen molar-refractivity contribution in [1.82, 2.24) is 0 Å². The molecule has 13 heavy (non-hydrogen) atoms. The van der Waals surface area contributed by atoms with Gasteiger partial charge in [0.15, 0.2) is 0 Å². The molecule has 0 saturated carbocycles. The second-order valence-corrected chi connectivity index (χ2v) is 3.39. The number of hydrogen-bond acceptors (Lipinski definition) is 3. The van der Waals surface area contributed by atoms with E-state index in [9.17, 15) is 4.79 Å².